The molecule has 0 saturated heterocycles. The van der Waals surface area contributed by atoms with Crippen molar-refractivity contribution in [2.75, 3.05) is 0 Å². The van der Waals surface area contributed by atoms with Crippen LogP contribution in [0.4, 0.5) is 0 Å². The number of aliphatic hydroxyl groups is 1. The van der Waals surface area contributed by atoms with Crippen molar-refractivity contribution in [1.82, 2.24) is 0 Å². The van der Waals surface area contributed by atoms with Crippen molar-refractivity contribution in [1.29, 1.82) is 0 Å². The van der Waals surface area contributed by atoms with Crippen molar-refractivity contribution in [3.63, 3.8) is 0 Å². The SMILES string of the molecule is C=C(C)C(O)Cc1ccccc1. The predicted molar refractivity (Wildman–Crippen MR) is 51.0 cm³/mol. The minimum Gasteiger partial charge on any atom is -0.388 e. The average Bonchev–Trinajstić information content (AvgIpc) is 2.06. The molecule has 1 rings (SSSR count). The fourth-order valence-corrected chi connectivity index (χ4v) is 1.01. The minimum absolute atomic E-state index is 0.410. The van der Waals surface area contributed by atoms with Gasteiger partial charge in [-0.1, -0.05) is 42.5 Å². The molecular formula is C11H14O. The van der Waals surface area contributed by atoms with Crippen LogP contribution in [0.2, 0.25) is 0 Å². The first-order valence-corrected chi connectivity index (χ1v) is 4.07. The average molecular weight is 162 g/mol. The Labute approximate surface area is 73.4 Å². The molecule has 1 aromatic rings. The van der Waals surface area contributed by atoms with E-state index in [1.54, 1.807) is 0 Å². The Bertz CT molecular complexity index is 251. The summed E-state index contributed by atoms with van der Waals surface area (Å²) in [5.41, 5.74) is 1.96. The summed E-state index contributed by atoms with van der Waals surface area (Å²) in [6, 6.07) is 9.93. The van der Waals surface area contributed by atoms with Crippen LogP contribution in [0.3, 0.4) is 0 Å². The molecule has 0 spiro atoms. The Morgan fingerprint density at radius 2 is 2.00 bits per heavy atom. The predicted octanol–water partition coefficient (Wildman–Crippen LogP) is 2.17. The van der Waals surface area contributed by atoms with Crippen molar-refractivity contribution in [3.05, 3.63) is 48.0 Å². The number of hydrogen-bond donors (Lipinski definition) is 1. The van der Waals surface area contributed by atoms with E-state index in [0.717, 1.165) is 11.1 Å². The second-order valence-electron chi connectivity index (χ2n) is 3.05. The van der Waals surface area contributed by atoms with Gasteiger partial charge in [0.25, 0.3) is 0 Å². The molecule has 0 bridgehead atoms. The van der Waals surface area contributed by atoms with Crippen LogP contribution >= 0.6 is 0 Å². The Balaban J connectivity index is 2.58. The topological polar surface area (TPSA) is 20.2 Å². The number of hydrogen-bond acceptors (Lipinski definition) is 1. The van der Waals surface area contributed by atoms with Gasteiger partial charge < -0.3 is 5.11 Å². The quantitative estimate of drug-likeness (QED) is 0.675. The Morgan fingerprint density at radius 1 is 1.42 bits per heavy atom. The van der Waals surface area contributed by atoms with Crippen LogP contribution in [0.5, 0.6) is 0 Å². The van der Waals surface area contributed by atoms with E-state index in [2.05, 4.69) is 6.58 Å². The van der Waals surface area contributed by atoms with E-state index in [-0.39, 0.29) is 0 Å². The summed E-state index contributed by atoms with van der Waals surface area (Å²) in [7, 11) is 0. The summed E-state index contributed by atoms with van der Waals surface area (Å²) in [4.78, 5) is 0. The zero-order chi connectivity index (χ0) is 8.97. The molecule has 0 heterocycles. The lowest BCUT2D eigenvalue weighted by molar-refractivity contribution is 0.212. The van der Waals surface area contributed by atoms with Gasteiger partial charge in [0.15, 0.2) is 0 Å². The molecule has 1 N–H and O–H groups in total. The van der Waals surface area contributed by atoms with Gasteiger partial charge in [-0.2, -0.15) is 0 Å². The smallest absolute Gasteiger partial charge is 0.0785 e. The summed E-state index contributed by atoms with van der Waals surface area (Å²) in [6.45, 7) is 5.54. The summed E-state index contributed by atoms with van der Waals surface area (Å²) >= 11 is 0. The molecule has 0 radical (unpaired) electrons. The fraction of sp³-hybridized carbons (Fsp3) is 0.273. The van der Waals surface area contributed by atoms with Crippen LogP contribution in [0.25, 0.3) is 0 Å². The third-order valence-electron chi connectivity index (χ3n) is 1.84. The minimum atomic E-state index is -0.410. The molecule has 1 atom stereocenters. The van der Waals surface area contributed by atoms with Crippen LogP contribution in [-0.4, -0.2) is 11.2 Å². The molecule has 1 nitrogen and oxygen atoms in total. The van der Waals surface area contributed by atoms with Gasteiger partial charge in [-0.25, -0.2) is 0 Å². The first-order valence-electron chi connectivity index (χ1n) is 4.07. The third kappa shape index (κ3) is 2.51. The molecule has 0 amide bonds. The van der Waals surface area contributed by atoms with E-state index >= 15 is 0 Å². The zero-order valence-electron chi connectivity index (χ0n) is 7.33. The molecule has 0 aliphatic carbocycles. The first kappa shape index (κ1) is 9.01. The van der Waals surface area contributed by atoms with Crippen LogP contribution in [0.15, 0.2) is 42.5 Å². The molecule has 0 aromatic heterocycles. The molecule has 0 fully saturated rings. The standard InChI is InChI=1S/C11H14O/c1-9(2)11(12)8-10-6-4-3-5-7-10/h3-7,11-12H,1,8H2,2H3. The second-order valence-corrected chi connectivity index (χ2v) is 3.05. The second kappa shape index (κ2) is 4.07. The van der Waals surface area contributed by atoms with Gasteiger partial charge in [0, 0.05) is 6.42 Å². The Kier molecular flexibility index (Phi) is 3.06. The third-order valence-corrected chi connectivity index (χ3v) is 1.84. The highest BCUT2D eigenvalue weighted by Crippen LogP contribution is 2.07. The molecule has 1 heteroatoms. The molecule has 1 unspecified atom stereocenters. The van der Waals surface area contributed by atoms with Crippen molar-refractivity contribution in [2.45, 2.75) is 19.4 Å². The van der Waals surface area contributed by atoms with Gasteiger partial charge in [-0.3, -0.25) is 0 Å². The summed E-state index contributed by atoms with van der Waals surface area (Å²) < 4.78 is 0. The Morgan fingerprint density at radius 3 is 2.50 bits per heavy atom. The van der Waals surface area contributed by atoms with Crippen molar-refractivity contribution in [2.24, 2.45) is 0 Å². The number of aliphatic hydroxyl groups excluding tert-OH is 1. The fourth-order valence-electron chi connectivity index (χ4n) is 1.01. The van der Waals surface area contributed by atoms with Gasteiger partial charge in [-0.15, -0.1) is 0 Å². The largest absolute Gasteiger partial charge is 0.388 e. The van der Waals surface area contributed by atoms with Gasteiger partial charge in [0.05, 0.1) is 6.10 Å². The van der Waals surface area contributed by atoms with E-state index in [4.69, 9.17) is 0 Å². The maximum atomic E-state index is 9.48. The number of benzene rings is 1. The molecule has 12 heavy (non-hydrogen) atoms. The van der Waals surface area contributed by atoms with Gasteiger partial charge in [0.2, 0.25) is 0 Å². The maximum absolute atomic E-state index is 9.48. The highest BCUT2D eigenvalue weighted by molar-refractivity contribution is 5.17. The maximum Gasteiger partial charge on any atom is 0.0785 e. The van der Waals surface area contributed by atoms with E-state index in [1.165, 1.54) is 0 Å². The van der Waals surface area contributed by atoms with Crippen molar-refractivity contribution in [3.8, 4) is 0 Å². The molecule has 0 aliphatic rings. The summed E-state index contributed by atoms with van der Waals surface area (Å²) in [5, 5.41) is 9.48. The van der Waals surface area contributed by atoms with Crippen molar-refractivity contribution < 1.29 is 5.11 Å². The normalized spacial score (nSPS) is 12.5. The zero-order valence-corrected chi connectivity index (χ0v) is 7.33. The highest BCUT2D eigenvalue weighted by atomic mass is 16.3. The first-order chi connectivity index (χ1) is 5.70. The lowest BCUT2D eigenvalue weighted by Crippen LogP contribution is -2.10. The monoisotopic (exact) mass is 162 g/mol. The molecule has 64 valence electrons. The lowest BCUT2D eigenvalue weighted by Gasteiger charge is -2.09. The van der Waals surface area contributed by atoms with E-state index in [1.807, 2.05) is 37.3 Å². The van der Waals surface area contributed by atoms with Gasteiger partial charge in [-0.05, 0) is 12.5 Å². The molecular weight excluding hydrogens is 148 g/mol. The Hall–Kier alpha value is -1.08. The van der Waals surface area contributed by atoms with Crippen LogP contribution in [0, 0.1) is 0 Å². The molecule has 0 aliphatic heterocycles. The van der Waals surface area contributed by atoms with E-state index in [0.29, 0.717) is 6.42 Å². The number of rotatable bonds is 3. The highest BCUT2D eigenvalue weighted by Gasteiger charge is 2.04. The molecule has 1 aromatic carbocycles. The summed E-state index contributed by atoms with van der Waals surface area (Å²) in [5.74, 6) is 0. The van der Waals surface area contributed by atoms with Crippen LogP contribution in [-0.2, 0) is 6.42 Å². The van der Waals surface area contributed by atoms with Crippen LogP contribution < -0.4 is 0 Å². The summed E-state index contributed by atoms with van der Waals surface area (Å²) in [6.07, 6.45) is 0.253. The van der Waals surface area contributed by atoms with Crippen LogP contribution in [0.1, 0.15) is 12.5 Å². The van der Waals surface area contributed by atoms with Gasteiger partial charge in [0.1, 0.15) is 0 Å². The molecule has 0 saturated carbocycles. The lowest BCUT2D eigenvalue weighted by atomic mass is 10.0. The van der Waals surface area contributed by atoms with Crippen molar-refractivity contribution >= 4 is 0 Å². The van der Waals surface area contributed by atoms with E-state index in [9.17, 15) is 5.11 Å². The van der Waals surface area contributed by atoms with Gasteiger partial charge >= 0.3 is 0 Å². The van der Waals surface area contributed by atoms with E-state index < -0.39 is 6.10 Å².